The number of ether oxygens (including phenoxy) is 1. The third kappa shape index (κ3) is 3.65. The second kappa shape index (κ2) is 7.42. The zero-order valence-corrected chi connectivity index (χ0v) is 17.4. The number of nitrogens with one attached hydrogen (secondary N) is 1. The SMILES string of the molecule is CCC[C@]1(C)[C@H](n2ccc(=O)[nH]c2=O)O[C@]2(F)COP(=O)(OC3CCCC3)O[C@@H]12. The predicted molar refractivity (Wildman–Crippen MR) is 100 cm³/mol. The summed E-state index contributed by atoms with van der Waals surface area (Å²) < 4.78 is 52.1. The van der Waals surface area contributed by atoms with Gasteiger partial charge in [-0.05, 0) is 19.3 Å². The van der Waals surface area contributed by atoms with Gasteiger partial charge in [-0.3, -0.25) is 27.9 Å². The molecule has 1 aromatic heterocycles. The zero-order valence-electron chi connectivity index (χ0n) is 16.5. The van der Waals surface area contributed by atoms with Crippen LogP contribution in [0.3, 0.4) is 0 Å². The molecule has 0 bridgehead atoms. The van der Waals surface area contributed by atoms with Crippen molar-refractivity contribution in [2.45, 2.75) is 76.7 Å². The van der Waals surface area contributed by atoms with Crippen molar-refractivity contribution in [1.82, 2.24) is 9.55 Å². The standard InChI is InChI=1S/C18H26FN2O7P/c1-3-9-17(2)14-18(19,26-15(17)21-10-8-13(22)20-16(21)23)11-25-29(24,28-14)27-12-6-4-5-7-12/h8,10,12,14-15H,3-7,9,11H2,1-2H3,(H,20,22,23)/t14-,15+,17-,18+,29?/m0/s1. The van der Waals surface area contributed by atoms with Crippen LogP contribution in [0.25, 0.3) is 0 Å². The minimum Gasteiger partial charge on any atom is -0.317 e. The lowest BCUT2D eigenvalue weighted by Gasteiger charge is -2.40. The molecule has 4 rings (SSSR count). The highest BCUT2D eigenvalue weighted by Gasteiger charge is 2.69. The first kappa shape index (κ1) is 20.9. The largest absolute Gasteiger partial charge is 0.475 e. The molecule has 0 aromatic carbocycles. The Morgan fingerprint density at radius 1 is 1.38 bits per heavy atom. The number of nitrogens with zero attached hydrogens (tertiary/aromatic N) is 1. The van der Waals surface area contributed by atoms with Gasteiger partial charge in [-0.2, -0.15) is 0 Å². The Bertz CT molecular complexity index is 929. The summed E-state index contributed by atoms with van der Waals surface area (Å²) in [6.07, 6.45) is 3.16. The van der Waals surface area contributed by atoms with Crippen molar-refractivity contribution in [2.75, 3.05) is 6.61 Å². The molecule has 29 heavy (non-hydrogen) atoms. The Hall–Kier alpha value is -1.32. The van der Waals surface area contributed by atoms with E-state index >= 15 is 4.39 Å². The Labute approximate surface area is 167 Å². The van der Waals surface area contributed by atoms with Gasteiger partial charge < -0.3 is 4.74 Å². The third-order valence-corrected chi connectivity index (χ3v) is 7.46. The van der Waals surface area contributed by atoms with Gasteiger partial charge in [0.15, 0.2) is 0 Å². The van der Waals surface area contributed by atoms with E-state index in [2.05, 4.69) is 4.98 Å². The number of alkyl halides is 1. The smallest absolute Gasteiger partial charge is 0.317 e. The molecule has 2 saturated heterocycles. The molecule has 0 amide bonds. The summed E-state index contributed by atoms with van der Waals surface area (Å²) in [4.78, 5) is 25.9. The first-order valence-electron chi connectivity index (χ1n) is 9.99. The van der Waals surface area contributed by atoms with Crippen molar-refractivity contribution in [1.29, 1.82) is 0 Å². The van der Waals surface area contributed by atoms with Gasteiger partial charge in [0.25, 0.3) is 11.4 Å². The summed E-state index contributed by atoms with van der Waals surface area (Å²) in [6, 6.07) is 1.16. The van der Waals surface area contributed by atoms with Crippen molar-refractivity contribution in [3.63, 3.8) is 0 Å². The number of phosphoric ester groups is 1. The fourth-order valence-corrected chi connectivity index (χ4v) is 6.39. The highest BCUT2D eigenvalue weighted by atomic mass is 31.2. The van der Waals surface area contributed by atoms with Crippen LogP contribution < -0.4 is 11.2 Å². The lowest BCUT2D eigenvalue weighted by molar-refractivity contribution is -0.221. The van der Waals surface area contributed by atoms with Crippen LogP contribution in [0.5, 0.6) is 0 Å². The van der Waals surface area contributed by atoms with Crippen LogP contribution in [0.2, 0.25) is 0 Å². The van der Waals surface area contributed by atoms with Crippen LogP contribution in [0.15, 0.2) is 21.9 Å². The number of hydrogen-bond acceptors (Lipinski definition) is 7. The topological polar surface area (TPSA) is 109 Å². The molecule has 1 aliphatic carbocycles. The van der Waals surface area contributed by atoms with E-state index in [0.717, 1.165) is 36.3 Å². The Morgan fingerprint density at radius 3 is 2.76 bits per heavy atom. The van der Waals surface area contributed by atoms with E-state index in [-0.39, 0.29) is 6.10 Å². The van der Waals surface area contributed by atoms with Crippen LogP contribution in [0.1, 0.15) is 58.6 Å². The van der Waals surface area contributed by atoms with Crippen LogP contribution >= 0.6 is 7.82 Å². The van der Waals surface area contributed by atoms with Crippen LogP contribution in [0, 0.1) is 5.41 Å². The normalized spacial score (nSPS) is 40.2. The van der Waals surface area contributed by atoms with Gasteiger partial charge in [0, 0.05) is 17.7 Å². The molecule has 1 N–H and O–H groups in total. The highest BCUT2D eigenvalue weighted by Crippen LogP contribution is 2.66. The molecule has 162 valence electrons. The number of rotatable bonds is 5. The van der Waals surface area contributed by atoms with E-state index in [1.807, 2.05) is 6.92 Å². The van der Waals surface area contributed by atoms with E-state index in [1.54, 1.807) is 6.92 Å². The Morgan fingerprint density at radius 2 is 2.10 bits per heavy atom. The molecular formula is C18H26FN2O7P. The van der Waals surface area contributed by atoms with Crippen LogP contribution in [0.4, 0.5) is 4.39 Å². The Balaban J connectivity index is 1.69. The lowest BCUT2D eigenvalue weighted by Crippen LogP contribution is -2.50. The number of phosphoric acid groups is 1. The van der Waals surface area contributed by atoms with Gasteiger partial charge in [0.2, 0.25) is 0 Å². The van der Waals surface area contributed by atoms with E-state index in [0.29, 0.717) is 12.8 Å². The molecule has 1 aromatic rings. The van der Waals surface area contributed by atoms with Crippen molar-refractivity contribution in [3.8, 4) is 0 Å². The van der Waals surface area contributed by atoms with E-state index in [1.165, 1.54) is 6.20 Å². The molecule has 0 spiro atoms. The number of H-pyrrole nitrogens is 1. The van der Waals surface area contributed by atoms with Gasteiger partial charge in [-0.15, -0.1) is 0 Å². The van der Waals surface area contributed by atoms with Gasteiger partial charge in [0.1, 0.15) is 18.9 Å². The second-order valence-corrected chi connectivity index (χ2v) is 9.82. The van der Waals surface area contributed by atoms with Crippen molar-refractivity contribution in [2.24, 2.45) is 5.41 Å². The fraction of sp³-hybridized carbons (Fsp3) is 0.778. The molecule has 11 heteroatoms. The summed E-state index contributed by atoms with van der Waals surface area (Å²) >= 11 is 0. The number of halogens is 1. The minimum absolute atomic E-state index is 0.245. The minimum atomic E-state index is -3.98. The fourth-order valence-electron chi connectivity index (χ4n) is 4.65. The van der Waals surface area contributed by atoms with Crippen molar-refractivity contribution in [3.05, 3.63) is 33.1 Å². The molecule has 0 radical (unpaired) electrons. The van der Waals surface area contributed by atoms with E-state index in [9.17, 15) is 14.2 Å². The van der Waals surface area contributed by atoms with Crippen molar-refractivity contribution >= 4 is 7.82 Å². The molecule has 3 fully saturated rings. The van der Waals surface area contributed by atoms with Gasteiger partial charge >= 0.3 is 13.5 Å². The first-order chi connectivity index (χ1) is 13.7. The second-order valence-electron chi connectivity index (χ2n) is 8.25. The molecule has 2 aliphatic heterocycles. The highest BCUT2D eigenvalue weighted by molar-refractivity contribution is 7.48. The predicted octanol–water partition coefficient (Wildman–Crippen LogP) is 3.02. The van der Waals surface area contributed by atoms with Crippen LogP contribution in [-0.4, -0.2) is 34.2 Å². The summed E-state index contributed by atoms with van der Waals surface area (Å²) in [5, 5.41) is 0. The summed E-state index contributed by atoms with van der Waals surface area (Å²) in [5.41, 5.74) is -2.34. The maximum Gasteiger partial charge on any atom is 0.475 e. The average molecular weight is 432 g/mol. The summed E-state index contributed by atoms with van der Waals surface area (Å²) in [5.74, 6) is -2.41. The summed E-state index contributed by atoms with van der Waals surface area (Å²) in [7, 11) is -3.98. The number of aromatic amines is 1. The zero-order chi connectivity index (χ0) is 20.9. The molecule has 5 atom stereocenters. The monoisotopic (exact) mass is 432 g/mol. The average Bonchev–Trinajstić information content (AvgIpc) is 3.22. The molecular weight excluding hydrogens is 406 g/mol. The van der Waals surface area contributed by atoms with Gasteiger partial charge in [0.05, 0.1) is 6.10 Å². The molecule has 3 heterocycles. The number of hydrogen-bond donors (Lipinski definition) is 1. The maximum atomic E-state index is 15.7. The van der Waals surface area contributed by atoms with Crippen molar-refractivity contribution < 1.29 is 27.3 Å². The molecule has 1 saturated carbocycles. The van der Waals surface area contributed by atoms with E-state index in [4.69, 9.17) is 18.3 Å². The maximum absolute atomic E-state index is 15.7. The first-order valence-corrected chi connectivity index (χ1v) is 11.4. The third-order valence-electron chi connectivity index (χ3n) is 5.99. The lowest BCUT2D eigenvalue weighted by atomic mass is 9.77. The van der Waals surface area contributed by atoms with Crippen LogP contribution in [-0.2, 0) is 22.9 Å². The van der Waals surface area contributed by atoms with Gasteiger partial charge in [-0.25, -0.2) is 13.8 Å². The quantitative estimate of drug-likeness (QED) is 0.713. The number of fused-ring (bicyclic) bond motifs is 1. The van der Waals surface area contributed by atoms with Gasteiger partial charge in [-0.1, -0.05) is 33.1 Å². The van der Waals surface area contributed by atoms with E-state index < -0.39 is 49.3 Å². The Kier molecular flexibility index (Phi) is 5.36. The molecule has 3 aliphatic rings. The summed E-state index contributed by atoms with van der Waals surface area (Å²) in [6.45, 7) is 3.00. The molecule has 1 unspecified atom stereocenters. The molecule has 9 nitrogen and oxygen atoms in total. The number of aromatic nitrogens is 2.